The molecule has 0 N–H and O–H groups in total. The van der Waals surface area contributed by atoms with Crippen molar-refractivity contribution < 1.29 is 4.74 Å². The molecule has 0 amide bonds. The van der Waals surface area contributed by atoms with Gasteiger partial charge in [-0.25, -0.2) is 4.98 Å². The zero-order valence-electron chi connectivity index (χ0n) is 10.7. The second kappa shape index (κ2) is 5.40. The summed E-state index contributed by atoms with van der Waals surface area (Å²) in [5, 5.41) is 1.43. The molecule has 1 aromatic heterocycles. The Kier molecular flexibility index (Phi) is 3.76. The minimum Gasteiger partial charge on any atom is -0.437 e. The van der Waals surface area contributed by atoms with E-state index in [9.17, 15) is 0 Å². The van der Waals surface area contributed by atoms with Crippen molar-refractivity contribution in [1.29, 1.82) is 0 Å². The third-order valence-electron chi connectivity index (χ3n) is 3.10. The van der Waals surface area contributed by atoms with Gasteiger partial charge < -0.3 is 4.74 Å². The molecule has 0 saturated heterocycles. The van der Waals surface area contributed by atoms with Gasteiger partial charge in [0, 0.05) is 22.6 Å². The standard InChI is InChI=1S/C14H11Cl3N2O/c1-7-12(17)18-13(8-2-3-8)19-14(7)20-11-6-9(15)4-5-10(11)16/h4-6,8H,2-3H2,1H3. The number of rotatable bonds is 3. The molecule has 0 aliphatic heterocycles. The molecule has 2 aromatic rings. The molecular formula is C14H11Cl3N2O. The fourth-order valence-electron chi connectivity index (χ4n) is 1.77. The minimum absolute atomic E-state index is 0.394. The van der Waals surface area contributed by atoms with Gasteiger partial charge in [-0.2, -0.15) is 4.98 Å². The van der Waals surface area contributed by atoms with E-state index in [0.29, 0.717) is 38.3 Å². The summed E-state index contributed by atoms with van der Waals surface area (Å²) in [5.41, 5.74) is 0.687. The first kappa shape index (κ1) is 13.9. The van der Waals surface area contributed by atoms with E-state index in [4.69, 9.17) is 39.5 Å². The van der Waals surface area contributed by atoms with Crippen molar-refractivity contribution in [3.63, 3.8) is 0 Å². The smallest absolute Gasteiger partial charge is 0.227 e. The fraction of sp³-hybridized carbons (Fsp3) is 0.286. The fourth-order valence-corrected chi connectivity index (χ4v) is 2.25. The van der Waals surface area contributed by atoms with Crippen LogP contribution in [0.4, 0.5) is 0 Å². The van der Waals surface area contributed by atoms with E-state index in [1.54, 1.807) is 18.2 Å². The molecule has 20 heavy (non-hydrogen) atoms. The lowest BCUT2D eigenvalue weighted by molar-refractivity contribution is 0.454. The molecule has 1 aromatic carbocycles. The molecule has 3 rings (SSSR count). The van der Waals surface area contributed by atoms with E-state index in [2.05, 4.69) is 9.97 Å². The maximum Gasteiger partial charge on any atom is 0.227 e. The summed E-state index contributed by atoms with van der Waals surface area (Å²) >= 11 is 18.2. The first-order chi connectivity index (χ1) is 9.54. The molecule has 0 radical (unpaired) electrons. The molecular weight excluding hydrogens is 319 g/mol. The van der Waals surface area contributed by atoms with Crippen molar-refractivity contribution in [3.05, 3.63) is 44.8 Å². The summed E-state index contributed by atoms with van der Waals surface area (Å²) in [6.07, 6.45) is 2.19. The van der Waals surface area contributed by atoms with Crippen LogP contribution in [0.1, 0.15) is 30.1 Å². The number of ether oxygens (including phenoxy) is 1. The van der Waals surface area contributed by atoms with Crippen molar-refractivity contribution in [3.8, 4) is 11.6 Å². The number of aromatic nitrogens is 2. The van der Waals surface area contributed by atoms with Crippen molar-refractivity contribution in [2.45, 2.75) is 25.7 Å². The molecule has 6 heteroatoms. The molecule has 0 bridgehead atoms. The zero-order valence-corrected chi connectivity index (χ0v) is 12.9. The first-order valence-corrected chi connectivity index (χ1v) is 7.35. The van der Waals surface area contributed by atoms with E-state index in [-0.39, 0.29) is 0 Å². The van der Waals surface area contributed by atoms with Gasteiger partial charge in [0.15, 0.2) is 0 Å². The van der Waals surface area contributed by atoms with Gasteiger partial charge >= 0.3 is 0 Å². The van der Waals surface area contributed by atoms with Crippen molar-refractivity contribution >= 4 is 34.8 Å². The monoisotopic (exact) mass is 328 g/mol. The molecule has 104 valence electrons. The Bertz CT molecular complexity index is 672. The number of hydrogen-bond donors (Lipinski definition) is 0. The summed E-state index contributed by atoms with van der Waals surface area (Å²) in [7, 11) is 0. The summed E-state index contributed by atoms with van der Waals surface area (Å²) < 4.78 is 5.77. The summed E-state index contributed by atoms with van der Waals surface area (Å²) in [6.45, 7) is 1.81. The van der Waals surface area contributed by atoms with E-state index < -0.39 is 0 Å². The highest BCUT2D eigenvalue weighted by molar-refractivity contribution is 6.34. The van der Waals surface area contributed by atoms with Gasteiger partial charge in [-0.3, -0.25) is 0 Å². The molecule has 3 nitrogen and oxygen atoms in total. The summed E-state index contributed by atoms with van der Waals surface area (Å²) in [6, 6.07) is 5.03. The predicted molar refractivity (Wildman–Crippen MR) is 80.3 cm³/mol. The summed E-state index contributed by atoms with van der Waals surface area (Å²) in [4.78, 5) is 8.73. The van der Waals surface area contributed by atoms with Crippen LogP contribution in [0.25, 0.3) is 0 Å². The third kappa shape index (κ3) is 2.85. The van der Waals surface area contributed by atoms with Crippen LogP contribution < -0.4 is 4.74 Å². The van der Waals surface area contributed by atoms with E-state index >= 15 is 0 Å². The molecule has 1 aliphatic carbocycles. The molecule has 1 aliphatic rings. The van der Waals surface area contributed by atoms with Gasteiger partial charge in [-0.15, -0.1) is 0 Å². The Balaban J connectivity index is 1.99. The first-order valence-electron chi connectivity index (χ1n) is 6.21. The van der Waals surface area contributed by atoms with Gasteiger partial charge in [0.25, 0.3) is 0 Å². The van der Waals surface area contributed by atoms with Crippen molar-refractivity contribution in [1.82, 2.24) is 9.97 Å². The second-order valence-corrected chi connectivity index (χ2v) is 5.96. The predicted octanol–water partition coefficient (Wildman–Crippen LogP) is 5.41. The highest BCUT2D eigenvalue weighted by Gasteiger charge is 2.28. The Morgan fingerprint density at radius 1 is 1.15 bits per heavy atom. The van der Waals surface area contributed by atoms with Crippen LogP contribution in [0.2, 0.25) is 15.2 Å². The van der Waals surface area contributed by atoms with E-state index in [0.717, 1.165) is 18.7 Å². The topological polar surface area (TPSA) is 35.0 Å². The number of nitrogens with zero attached hydrogens (tertiary/aromatic N) is 2. The van der Waals surface area contributed by atoms with E-state index in [1.807, 2.05) is 6.92 Å². The Labute approximate surface area is 131 Å². The van der Waals surface area contributed by atoms with Crippen LogP contribution in [0.15, 0.2) is 18.2 Å². The zero-order chi connectivity index (χ0) is 14.3. The van der Waals surface area contributed by atoms with Gasteiger partial charge in [-0.1, -0.05) is 34.8 Å². The van der Waals surface area contributed by atoms with E-state index in [1.165, 1.54) is 0 Å². The molecule has 1 saturated carbocycles. The van der Waals surface area contributed by atoms with Crippen LogP contribution >= 0.6 is 34.8 Å². The maximum absolute atomic E-state index is 6.14. The number of benzene rings is 1. The summed E-state index contributed by atoms with van der Waals surface area (Å²) in [5.74, 6) is 2.01. The molecule has 0 atom stereocenters. The van der Waals surface area contributed by atoms with Gasteiger partial charge in [0.05, 0.1) is 5.02 Å². The average Bonchev–Trinajstić information content (AvgIpc) is 3.23. The van der Waals surface area contributed by atoms with Crippen LogP contribution in [0, 0.1) is 6.92 Å². The lowest BCUT2D eigenvalue weighted by atomic mass is 10.3. The third-order valence-corrected chi connectivity index (χ3v) is 4.02. The van der Waals surface area contributed by atoms with Gasteiger partial charge in [-0.05, 0) is 31.9 Å². The quantitative estimate of drug-likeness (QED) is 0.706. The molecule has 1 fully saturated rings. The molecule has 0 spiro atoms. The highest BCUT2D eigenvalue weighted by atomic mass is 35.5. The van der Waals surface area contributed by atoms with Crippen molar-refractivity contribution in [2.75, 3.05) is 0 Å². The Morgan fingerprint density at radius 3 is 2.60 bits per heavy atom. The largest absolute Gasteiger partial charge is 0.437 e. The Morgan fingerprint density at radius 2 is 1.90 bits per heavy atom. The van der Waals surface area contributed by atoms with Gasteiger partial charge in [0.1, 0.15) is 16.7 Å². The minimum atomic E-state index is 0.394. The Hall–Kier alpha value is -1.03. The second-order valence-electron chi connectivity index (χ2n) is 4.75. The average molecular weight is 330 g/mol. The van der Waals surface area contributed by atoms with Crippen molar-refractivity contribution in [2.24, 2.45) is 0 Å². The highest BCUT2D eigenvalue weighted by Crippen LogP contribution is 2.41. The molecule has 1 heterocycles. The van der Waals surface area contributed by atoms with Gasteiger partial charge in [0.2, 0.25) is 5.88 Å². The van der Waals surface area contributed by atoms with Crippen LogP contribution in [0.5, 0.6) is 11.6 Å². The normalized spacial score (nSPS) is 14.4. The lowest BCUT2D eigenvalue weighted by Gasteiger charge is -2.11. The van der Waals surface area contributed by atoms with Crippen LogP contribution in [-0.4, -0.2) is 9.97 Å². The van der Waals surface area contributed by atoms with Crippen LogP contribution in [0.3, 0.4) is 0 Å². The lowest BCUT2D eigenvalue weighted by Crippen LogP contribution is -2.00. The molecule has 0 unspecified atom stereocenters. The van der Waals surface area contributed by atoms with Crippen LogP contribution in [-0.2, 0) is 0 Å². The number of halogens is 3. The maximum atomic E-state index is 6.14. The number of hydrogen-bond acceptors (Lipinski definition) is 3. The SMILES string of the molecule is Cc1c(Cl)nc(C2CC2)nc1Oc1cc(Cl)ccc1Cl.